The molecule has 1 aromatic heterocycles. The van der Waals surface area contributed by atoms with Gasteiger partial charge in [-0.2, -0.15) is 0 Å². The summed E-state index contributed by atoms with van der Waals surface area (Å²) in [4.78, 5) is 22.3. The molecule has 22 heavy (non-hydrogen) atoms. The summed E-state index contributed by atoms with van der Waals surface area (Å²) in [5.74, 6) is 1.13. The fourth-order valence-corrected chi connectivity index (χ4v) is 2.45. The SMILES string of the molecule is COc1ccccc1OCC(=O)N1CCc2ncncc2C1. The van der Waals surface area contributed by atoms with Crippen LogP contribution in [-0.4, -0.2) is 41.0 Å². The fourth-order valence-electron chi connectivity index (χ4n) is 2.45. The van der Waals surface area contributed by atoms with Crippen LogP contribution < -0.4 is 9.47 Å². The van der Waals surface area contributed by atoms with E-state index in [1.54, 1.807) is 36.7 Å². The molecule has 0 bridgehead atoms. The molecule has 0 unspecified atom stereocenters. The number of hydrogen-bond acceptors (Lipinski definition) is 5. The summed E-state index contributed by atoms with van der Waals surface area (Å²) < 4.78 is 10.8. The molecule has 1 aliphatic rings. The van der Waals surface area contributed by atoms with Gasteiger partial charge in [-0.15, -0.1) is 0 Å². The zero-order valence-electron chi connectivity index (χ0n) is 12.4. The van der Waals surface area contributed by atoms with Crippen molar-refractivity contribution in [2.24, 2.45) is 0 Å². The minimum Gasteiger partial charge on any atom is -0.493 e. The summed E-state index contributed by atoms with van der Waals surface area (Å²) in [5, 5.41) is 0. The van der Waals surface area contributed by atoms with Crippen LogP contribution in [0.15, 0.2) is 36.8 Å². The van der Waals surface area contributed by atoms with E-state index in [-0.39, 0.29) is 12.5 Å². The van der Waals surface area contributed by atoms with E-state index in [4.69, 9.17) is 9.47 Å². The molecule has 0 atom stereocenters. The normalized spacial score (nSPS) is 13.4. The lowest BCUT2D eigenvalue weighted by molar-refractivity contribution is -0.134. The van der Waals surface area contributed by atoms with Gasteiger partial charge in [0.1, 0.15) is 6.33 Å². The lowest BCUT2D eigenvalue weighted by atomic mass is 10.1. The molecule has 3 rings (SSSR count). The number of carbonyl (C=O) groups excluding carboxylic acids is 1. The number of benzene rings is 1. The second kappa shape index (κ2) is 6.43. The van der Waals surface area contributed by atoms with Gasteiger partial charge in [-0.1, -0.05) is 12.1 Å². The first-order valence-corrected chi connectivity index (χ1v) is 7.09. The topological polar surface area (TPSA) is 64.6 Å². The molecule has 2 aromatic rings. The minimum absolute atomic E-state index is 0.0105. The Labute approximate surface area is 128 Å². The Morgan fingerprint density at radius 1 is 1.32 bits per heavy atom. The first-order valence-electron chi connectivity index (χ1n) is 7.09. The van der Waals surface area contributed by atoms with Gasteiger partial charge in [0, 0.05) is 31.3 Å². The number of ether oxygens (including phenoxy) is 2. The highest BCUT2D eigenvalue weighted by molar-refractivity contribution is 5.78. The van der Waals surface area contributed by atoms with Crippen molar-refractivity contribution in [3.05, 3.63) is 48.0 Å². The van der Waals surface area contributed by atoms with Crippen molar-refractivity contribution in [3.8, 4) is 11.5 Å². The summed E-state index contributed by atoms with van der Waals surface area (Å²) in [6.07, 6.45) is 4.06. The maximum absolute atomic E-state index is 12.3. The molecule has 0 aliphatic carbocycles. The predicted molar refractivity (Wildman–Crippen MR) is 79.6 cm³/mol. The van der Waals surface area contributed by atoms with Gasteiger partial charge in [-0.25, -0.2) is 9.97 Å². The second-order valence-corrected chi connectivity index (χ2v) is 5.00. The van der Waals surface area contributed by atoms with Crippen molar-refractivity contribution >= 4 is 5.91 Å². The second-order valence-electron chi connectivity index (χ2n) is 5.00. The molecule has 0 radical (unpaired) electrons. The van der Waals surface area contributed by atoms with Crippen molar-refractivity contribution in [3.63, 3.8) is 0 Å². The van der Waals surface area contributed by atoms with Crippen LogP contribution in [0.4, 0.5) is 0 Å². The van der Waals surface area contributed by atoms with Crippen LogP contribution in [-0.2, 0) is 17.8 Å². The lowest BCUT2D eigenvalue weighted by Gasteiger charge is -2.27. The standard InChI is InChI=1S/C16H17N3O3/c1-21-14-4-2-3-5-15(14)22-10-16(20)19-7-6-13-12(9-19)8-17-11-18-13/h2-5,8,11H,6-7,9-10H2,1H3. The highest BCUT2D eigenvalue weighted by atomic mass is 16.5. The average molecular weight is 299 g/mol. The Hall–Kier alpha value is -2.63. The van der Waals surface area contributed by atoms with E-state index in [2.05, 4.69) is 9.97 Å². The minimum atomic E-state index is -0.0552. The maximum Gasteiger partial charge on any atom is 0.260 e. The van der Waals surface area contributed by atoms with Crippen LogP contribution in [0, 0.1) is 0 Å². The molecule has 1 amide bonds. The van der Waals surface area contributed by atoms with Crippen LogP contribution in [0.25, 0.3) is 0 Å². The van der Waals surface area contributed by atoms with Crippen LogP contribution in [0.5, 0.6) is 11.5 Å². The van der Waals surface area contributed by atoms with Crippen molar-refractivity contribution in [1.82, 2.24) is 14.9 Å². The number of amides is 1. The van der Waals surface area contributed by atoms with Gasteiger partial charge in [-0.3, -0.25) is 4.79 Å². The van der Waals surface area contributed by atoms with E-state index < -0.39 is 0 Å². The lowest BCUT2D eigenvalue weighted by Crippen LogP contribution is -2.39. The van der Waals surface area contributed by atoms with E-state index in [1.807, 2.05) is 12.1 Å². The number of methoxy groups -OCH3 is 1. The molecule has 6 nitrogen and oxygen atoms in total. The Morgan fingerprint density at radius 2 is 2.14 bits per heavy atom. The zero-order valence-corrected chi connectivity index (χ0v) is 12.4. The van der Waals surface area contributed by atoms with Crippen molar-refractivity contribution < 1.29 is 14.3 Å². The molecular weight excluding hydrogens is 282 g/mol. The molecule has 0 fully saturated rings. The van der Waals surface area contributed by atoms with Crippen LogP contribution in [0.1, 0.15) is 11.3 Å². The monoisotopic (exact) mass is 299 g/mol. The molecule has 0 saturated heterocycles. The number of carbonyl (C=O) groups is 1. The molecule has 114 valence electrons. The Kier molecular flexibility index (Phi) is 4.18. The summed E-state index contributed by atoms with van der Waals surface area (Å²) in [5.41, 5.74) is 2.02. The number of rotatable bonds is 4. The van der Waals surface area contributed by atoms with E-state index in [9.17, 15) is 4.79 Å². The van der Waals surface area contributed by atoms with Gasteiger partial charge in [-0.05, 0) is 12.1 Å². The van der Waals surface area contributed by atoms with Gasteiger partial charge in [0.15, 0.2) is 18.1 Å². The zero-order chi connectivity index (χ0) is 15.4. The van der Waals surface area contributed by atoms with E-state index >= 15 is 0 Å². The number of para-hydroxylation sites is 2. The predicted octanol–water partition coefficient (Wildman–Crippen LogP) is 1.45. The van der Waals surface area contributed by atoms with Gasteiger partial charge in [0.05, 0.1) is 12.8 Å². The first-order chi connectivity index (χ1) is 10.8. The summed E-state index contributed by atoms with van der Waals surface area (Å²) in [7, 11) is 1.57. The summed E-state index contributed by atoms with van der Waals surface area (Å²) in [6, 6.07) is 7.28. The van der Waals surface area contributed by atoms with Crippen molar-refractivity contribution in [2.75, 3.05) is 20.3 Å². The van der Waals surface area contributed by atoms with Gasteiger partial charge in [0.25, 0.3) is 5.91 Å². The molecule has 0 N–H and O–H groups in total. The molecule has 2 heterocycles. The summed E-state index contributed by atoms with van der Waals surface area (Å²) in [6.45, 7) is 1.17. The Morgan fingerprint density at radius 3 is 2.95 bits per heavy atom. The molecule has 6 heteroatoms. The Balaban J connectivity index is 1.61. The molecular formula is C16H17N3O3. The van der Waals surface area contributed by atoms with Crippen LogP contribution in [0.3, 0.4) is 0 Å². The first kappa shape index (κ1) is 14.3. The molecule has 0 saturated carbocycles. The average Bonchev–Trinajstić information content (AvgIpc) is 2.59. The van der Waals surface area contributed by atoms with Crippen molar-refractivity contribution in [1.29, 1.82) is 0 Å². The molecule has 1 aromatic carbocycles. The van der Waals surface area contributed by atoms with Gasteiger partial charge >= 0.3 is 0 Å². The largest absolute Gasteiger partial charge is 0.493 e. The fraction of sp³-hybridized carbons (Fsp3) is 0.312. The number of hydrogen-bond donors (Lipinski definition) is 0. The number of aromatic nitrogens is 2. The molecule has 1 aliphatic heterocycles. The third-order valence-electron chi connectivity index (χ3n) is 3.63. The maximum atomic E-state index is 12.3. The number of nitrogens with zero attached hydrogens (tertiary/aromatic N) is 3. The Bertz CT molecular complexity index is 675. The smallest absolute Gasteiger partial charge is 0.260 e. The summed E-state index contributed by atoms with van der Waals surface area (Å²) >= 11 is 0. The van der Waals surface area contributed by atoms with E-state index in [0.717, 1.165) is 17.7 Å². The van der Waals surface area contributed by atoms with Gasteiger partial charge < -0.3 is 14.4 Å². The third-order valence-corrected chi connectivity index (χ3v) is 3.63. The number of fused-ring (bicyclic) bond motifs is 1. The van der Waals surface area contributed by atoms with Crippen LogP contribution >= 0.6 is 0 Å². The highest BCUT2D eigenvalue weighted by Crippen LogP contribution is 2.26. The highest BCUT2D eigenvalue weighted by Gasteiger charge is 2.22. The van der Waals surface area contributed by atoms with Crippen LogP contribution in [0.2, 0.25) is 0 Å². The van der Waals surface area contributed by atoms with E-state index in [0.29, 0.717) is 24.6 Å². The molecule has 0 spiro atoms. The third kappa shape index (κ3) is 3.00. The quantitative estimate of drug-likeness (QED) is 0.855. The van der Waals surface area contributed by atoms with E-state index in [1.165, 1.54) is 0 Å². The van der Waals surface area contributed by atoms with Gasteiger partial charge in [0.2, 0.25) is 0 Å². The van der Waals surface area contributed by atoms with Crippen molar-refractivity contribution in [2.45, 2.75) is 13.0 Å².